The van der Waals surface area contributed by atoms with Gasteiger partial charge in [-0.3, -0.25) is 9.80 Å². The maximum atomic E-state index is 15.1. The van der Waals surface area contributed by atoms with E-state index in [9.17, 15) is 9.50 Å². The number of aliphatic hydroxyl groups is 1. The van der Waals surface area contributed by atoms with Crippen molar-refractivity contribution in [1.82, 2.24) is 14.8 Å². The molecular weight excluding hydrogens is 448 g/mol. The average molecular weight is 484 g/mol. The summed E-state index contributed by atoms with van der Waals surface area (Å²) in [5.74, 6) is 1.30. The van der Waals surface area contributed by atoms with Gasteiger partial charge >= 0.3 is 0 Å². The summed E-state index contributed by atoms with van der Waals surface area (Å²) < 4.78 is 33.6. The number of rotatable bonds is 9. The first kappa shape index (κ1) is 24.2. The van der Waals surface area contributed by atoms with E-state index in [1.807, 2.05) is 18.2 Å². The molecule has 2 aliphatic rings. The van der Waals surface area contributed by atoms with Crippen LogP contribution >= 0.6 is 0 Å². The van der Waals surface area contributed by atoms with Gasteiger partial charge in [0.1, 0.15) is 18.2 Å². The lowest BCUT2D eigenvalue weighted by Crippen LogP contribution is -2.49. The first-order chi connectivity index (χ1) is 16.9. The summed E-state index contributed by atoms with van der Waals surface area (Å²) in [6, 6.07) is 16.3. The minimum absolute atomic E-state index is 0.107. The van der Waals surface area contributed by atoms with Crippen molar-refractivity contribution >= 4 is 10.9 Å². The highest BCUT2D eigenvalue weighted by Crippen LogP contribution is 2.42. The first-order valence-corrected chi connectivity index (χ1v) is 12.5. The number of nitrogens with zero attached hydrogens (tertiary/aromatic N) is 2. The number of benzene rings is 2. The third-order valence-electron chi connectivity index (χ3n) is 7.55. The van der Waals surface area contributed by atoms with Gasteiger partial charge in [-0.1, -0.05) is 30.3 Å². The van der Waals surface area contributed by atoms with Crippen LogP contribution in [0.4, 0.5) is 8.78 Å². The molecule has 1 saturated heterocycles. The van der Waals surface area contributed by atoms with Crippen molar-refractivity contribution < 1.29 is 18.6 Å². The highest BCUT2D eigenvalue weighted by Gasteiger charge is 2.39. The SMILES string of the molecule is C[C@@H]1Cc2c([nH]c3ccccc23)[C@@H](c2ccc(OCCC3CN(CF)C3)cc2)N1C[C@](C)(F)CO. The zero-order valence-electron chi connectivity index (χ0n) is 20.5. The van der Waals surface area contributed by atoms with E-state index in [0.29, 0.717) is 12.5 Å². The van der Waals surface area contributed by atoms with E-state index in [0.717, 1.165) is 48.5 Å². The van der Waals surface area contributed by atoms with Crippen LogP contribution in [0.25, 0.3) is 10.9 Å². The molecule has 0 radical (unpaired) electrons. The number of halogens is 2. The standard InChI is InChI=1S/C28H35F2N3O2/c1-19-13-24-23-5-3-4-6-25(23)31-26(24)27(33(19)16-28(2,30)17-34)21-7-9-22(10-8-21)35-12-11-20-14-32(15-20)18-29/h3-10,19-20,27,31,34H,11-18H2,1-2H3/t19-,27-,28+/m1/s1. The molecular formula is C28H35F2N3O2. The van der Waals surface area contributed by atoms with Crippen LogP contribution in [0.15, 0.2) is 48.5 Å². The van der Waals surface area contributed by atoms with Crippen molar-refractivity contribution in [2.45, 2.75) is 44.4 Å². The lowest BCUT2D eigenvalue weighted by atomic mass is 9.87. The number of aromatic nitrogens is 1. The van der Waals surface area contributed by atoms with Gasteiger partial charge in [-0.2, -0.15) is 0 Å². The normalized spacial score (nSPS) is 23.1. The summed E-state index contributed by atoms with van der Waals surface area (Å²) in [4.78, 5) is 7.56. The number of para-hydroxylation sites is 1. The van der Waals surface area contributed by atoms with Gasteiger partial charge in [0.15, 0.2) is 0 Å². The van der Waals surface area contributed by atoms with Gasteiger partial charge in [0.2, 0.25) is 0 Å². The Labute approximate surface area is 205 Å². The third kappa shape index (κ3) is 4.95. The van der Waals surface area contributed by atoms with Crippen LogP contribution in [0.5, 0.6) is 5.75 Å². The second-order valence-corrected chi connectivity index (χ2v) is 10.5. The molecule has 3 aromatic rings. The third-order valence-corrected chi connectivity index (χ3v) is 7.55. The number of ether oxygens (including phenoxy) is 1. The Hall–Kier alpha value is -2.48. The van der Waals surface area contributed by atoms with E-state index in [1.165, 1.54) is 17.9 Å². The Morgan fingerprint density at radius 3 is 2.60 bits per heavy atom. The predicted octanol–water partition coefficient (Wildman–Crippen LogP) is 4.85. The van der Waals surface area contributed by atoms with Crippen molar-refractivity contribution in [2.24, 2.45) is 5.92 Å². The molecule has 3 heterocycles. The Kier molecular flexibility index (Phi) is 6.84. The molecule has 0 aliphatic carbocycles. The fourth-order valence-electron chi connectivity index (χ4n) is 5.59. The van der Waals surface area contributed by atoms with Gasteiger partial charge in [-0.05, 0) is 61.9 Å². The van der Waals surface area contributed by atoms with Crippen LogP contribution < -0.4 is 4.74 Å². The van der Waals surface area contributed by atoms with Crippen molar-refractivity contribution in [2.75, 3.05) is 39.6 Å². The van der Waals surface area contributed by atoms with Crippen molar-refractivity contribution in [3.8, 4) is 5.75 Å². The average Bonchev–Trinajstić information content (AvgIpc) is 3.19. The number of aliphatic hydroxyl groups excluding tert-OH is 1. The minimum Gasteiger partial charge on any atom is -0.494 e. The summed E-state index contributed by atoms with van der Waals surface area (Å²) in [5, 5.41) is 10.9. The van der Waals surface area contributed by atoms with E-state index in [2.05, 4.69) is 47.1 Å². The van der Waals surface area contributed by atoms with Crippen LogP contribution in [-0.2, 0) is 6.42 Å². The number of hydrogen-bond acceptors (Lipinski definition) is 4. The number of alkyl halides is 2. The quantitative estimate of drug-likeness (QED) is 0.427. The highest BCUT2D eigenvalue weighted by molar-refractivity contribution is 5.85. The molecule has 3 atom stereocenters. The van der Waals surface area contributed by atoms with Crippen LogP contribution in [0, 0.1) is 5.92 Å². The maximum Gasteiger partial charge on any atom is 0.143 e. The van der Waals surface area contributed by atoms with Gasteiger partial charge in [0.25, 0.3) is 0 Å². The van der Waals surface area contributed by atoms with E-state index in [-0.39, 0.29) is 25.4 Å². The molecule has 0 amide bonds. The summed E-state index contributed by atoms with van der Waals surface area (Å²) in [6.07, 6.45) is 1.74. The van der Waals surface area contributed by atoms with Gasteiger partial charge < -0.3 is 14.8 Å². The number of hydrogen-bond donors (Lipinski definition) is 2. The molecule has 2 N–H and O–H groups in total. The van der Waals surface area contributed by atoms with Crippen LogP contribution in [-0.4, -0.2) is 71.2 Å². The molecule has 5 rings (SSSR count). The zero-order chi connectivity index (χ0) is 24.6. The molecule has 2 aliphatic heterocycles. The molecule has 0 unspecified atom stereocenters. The Morgan fingerprint density at radius 1 is 1.14 bits per heavy atom. The van der Waals surface area contributed by atoms with E-state index < -0.39 is 12.3 Å². The highest BCUT2D eigenvalue weighted by atomic mass is 19.1. The van der Waals surface area contributed by atoms with Gasteiger partial charge in [0.05, 0.1) is 19.3 Å². The summed E-state index contributed by atoms with van der Waals surface area (Å²) >= 11 is 0. The summed E-state index contributed by atoms with van der Waals surface area (Å²) in [6.45, 7) is 5.08. The van der Waals surface area contributed by atoms with Crippen LogP contribution in [0.3, 0.4) is 0 Å². The molecule has 5 nitrogen and oxygen atoms in total. The Morgan fingerprint density at radius 2 is 1.89 bits per heavy atom. The number of nitrogens with one attached hydrogen (secondary N) is 1. The topological polar surface area (TPSA) is 51.7 Å². The second kappa shape index (κ2) is 9.88. The number of likely N-dealkylation sites (tertiary alicyclic amines) is 1. The predicted molar refractivity (Wildman–Crippen MR) is 134 cm³/mol. The van der Waals surface area contributed by atoms with Crippen molar-refractivity contribution in [3.63, 3.8) is 0 Å². The molecule has 0 spiro atoms. The summed E-state index contributed by atoms with van der Waals surface area (Å²) in [7, 11) is 0. The lowest BCUT2D eigenvalue weighted by molar-refractivity contribution is 0.0175. The number of fused-ring (bicyclic) bond motifs is 3. The van der Waals surface area contributed by atoms with E-state index in [4.69, 9.17) is 4.74 Å². The molecule has 35 heavy (non-hydrogen) atoms. The molecule has 1 aromatic heterocycles. The molecule has 7 heteroatoms. The first-order valence-electron chi connectivity index (χ1n) is 12.5. The van der Waals surface area contributed by atoms with Crippen molar-refractivity contribution in [1.29, 1.82) is 0 Å². The maximum absolute atomic E-state index is 15.1. The van der Waals surface area contributed by atoms with Gasteiger partial charge in [-0.15, -0.1) is 0 Å². The fourth-order valence-corrected chi connectivity index (χ4v) is 5.59. The van der Waals surface area contributed by atoms with Crippen LogP contribution in [0.2, 0.25) is 0 Å². The Bertz CT molecular complexity index is 1140. The molecule has 1 fully saturated rings. The zero-order valence-corrected chi connectivity index (χ0v) is 20.5. The summed E-state index contributed by atoms with van der Waals surface area (Å²) in [5.41, 5.74) is 2.82. The molecule has 0 saturated carbocycles. The fraction of sp³-hybridized carbons (Fsp3) is 0.500. The Balaban J connectivity index is 1.39. The number of aromatic amines is 1. The molecule has 0 bridgehead atoms. The largest absolute Gasteiger partial charge is 0.494 e. The number of H-pyrrole nitrogens is 1. The molecule has 188 valence electrons. The van der Waals surface area contributed by atoms with E-state index >= 15 is 4.39 Å². The van der Waals surface area contributed by atoms with Crippen molar-refractivity contribution in [3.05, 3.63) is 65.4 Å². The minimum atomic E-state index is -1.70. The van der Waals surface area contributed by atoms with Gasteiger partial charge in [-0.25, -0.2) is 8.78 Å². The van der Waals surface area contributed by atoms with E-state index in [1.54, 1.807) is 4.90 Å². The monoisotopic (exact) mass is 483 g/mol. The van der Waals surface area contributed by atoms with Crippen LogP contribution in [0.1, 0.15) is 43.1 Å². The molecule has 2 aromatic carbocycles. The smallest absolute Gasteiger partial charge is 0.143 e. The van der Waals surface area contributed by atoms with Gasteiger partial charge in [0, 0.05) is 42.3 Å². The second-order valence-electron chi connectivity index (χ2n) is 10.5. The lowest BCUT2D eigenvalue weighted by Gasteiger charge is -2.43.